The fraction of sp³-hybridized carbons (Fsp3) is 0.0465. The Morgan fingerprint density at radius 1 is 0.630 bits per heavy atom. The average Bonchev–Trinajstić information content (AvgIpc) is 3.45. The standard InChI is InChI=1S/C43H31N3/c1-28-22-23-44-41(24-28)33-17-21-40(45-27-33)32-16-19-38-39-20-15-31-25-30(36-13-7-9-29-8-5-6-12-35(29)36)14-18-37(31)43(39)46(42(38)26-32)34-10-3-2-4-11-34/h2-27,41,44H,1H3. The molecule has 0 spiro atoms. The highest BCUT2D eigenvalue weighted by atomic mass is 15.0. The molecule has 1 aliphatic heterocycles. The van der Waals surface area contributed by atoms with E-state index < -0.39 is 0 Å². The molecule has 0 aliphatic carbocycles. The summed E-state index contributed by atoms with van der Waals surface area (Å²) in [6, 6.07) is 48.6. The van der Waals surface area contributed by atoms with Crippen LogP contribution in [0.15, 0.2) is 164 Å². The lowest BCUT2D eigenvalue weighted by molar-refractivity contribution is 0.735. The fourth-order valence-corrected chi connectivity index (χ4v) is 7.09. The van der Waals surface area contributed by atoms with Crippen LogP contribution < -0.4 is 5.32 Å². The predicted octanol–water partition coefficient (Wildman–Crippen LogP) is 10.9. The second-order valence-electron chi connectivity index (χ2n) is 12.2. The van der Waals surface area contributed by atoms with Gasteiger partial charge >= 0.3 is 0 Å². The van der Waals surface area contributed by atoms with Crippen LogP contribution in [-0.4, -0.2) is 9.55 Å². The van der Waals surface area contributed by atoms with E-state index in [0.29, 0.717) is 0 Å². The van der Waals surface area contributed by atoms with Gasteiger partial charge in [0.15, 0.2) is 0 Å². The van der Waals surface area contributed by atoms with Crippen LogP contribution in [-0.2, 0) is 0 Å². The molecule has 0 bridgehead atoms. The quantitative estimate of drug-likeness (QED) is 0.221. The lowest BCUT2D eigenvalue weighted by atomic mass is 9.95. The zero-order valence-corrected chi connectivity index (χ0v) is 25.5. The van der Waals surface area contributed by atoms with Crippen LogP contribution in [0.5, 0.6) is 0 Å². The van der Waals surface area contributed by atoms with Gasteiger partial charge in [-0.1, -0.05) is 115 Å². The SMILES string of the molecule is CC1=CC(c2ccc(-c3ccc4c5ccc6cc(-c7cccc8ccccc78)ccc6c5n(-c5ccccc5)c4c3)nc2)NC=C1. The molecule has 3 heterocycles. The molecule has 0 amide bonds. The predicted molar refractivity (Wildman–Crippen MR) is 193 cm³/mol. The lowest BCUT2D eigenvalue weighted by Gasteiger charge is -2.18. The van der Waals surface area contributed by atoms with E-state index in [1.165, 1.54) is 60.1 Å². The van der Waals surface area contributed by atoms with Gasteiger partial charge in [0, 0.05) is 33.6 Å². The molecular weight excluding hydrogens is 558 g/mol. The average molecular weight is 590 g/mol. The molecule has 1 unspecified atom stereocenters. The van der Waals surface area contributed by atoms with Gasteiger partial charge in [-0.2, -0.15) is 0 Å². The van der Waals surface area contributed by atoms with Crippen molar-refractivity contribution in [3.63, 3.8) is 0 Å². The molecule has 3 heteroatoms. The van der Waals surface area contributed by atoms with Crippen molar-refractivity contribution in [2.45, 2.75) is 13.0 Å². The van der Waals surface area contributed by atoms with E-state index in [4.69, 9.17) is 4.98 Å². The number of rotatable bonds is 4. The topological polar surface area (TPSA) is 29.9 Å². The van der Waals surface area contributed by atoms with Crippen molar-refractivity contribution in [1.29, 1.82) is 0 Å². The molecule has 0 saturated heterocycles. The molecule has 218 valence electrons. The third-order valence-electron chi connectivity index (χ3n) is 9.35. The Hall–Kier alpha value is -5.93. The number of nitrogens with one attached hydrogen (secondary N) is 1. The van der Waals surface area contributed by atoms with Crippen LogP contribution in [0, 0.1) is 0 Å². The minimum absolute atomic E-state index is 0.143. The summed E-state index contributed by atoms with van der Waals surface area (Å²) in [5.74, 6) is 0. The number of aromatic nitrogens is 2. The monoisotopic (exact) mass is 589 g/mol. The molecular formula is C43H31N3. The van der Waals surface area contributed by atoms with Crippen molar-refractivity contribution in [3.05, 3.63) is 169 Å². The second-order valence-corrected chi connectivity index (χ2v) is 12.2. The molecule has 1 N–H and O–H groups in total. The molecule has 1 atom stereocenters. The molecule has 1 aliphatic rings. The van der Waals surface area contributed by atoms with E-state index in [1.54, 1.807) is 0 Å². The van der Waals surface area contributed by atoms with Crippen molar-refractivity contribution < 1.29 is 0 Å². The summed E-state index contributed by atoms with van der Waals surface area (Å²) in [4.78, 5) is 4.92. The van der Waals surface area contributed by atoms with Crippen LogP contribution in [0.1, 0.15) is 18.5 Å². The lowest BCUT2D eigenvalue weighted by Crippen LogP contribution is -2.16. The van der Waals surface area contributed by atoms with E-state index in [1.807, 2.05) is 12.4 Å². The zero-order valence-electron chi connectivity index (χ0n) is 25.5. The van der Waals surface area contributed by atoms with Gasteiger partial charge in [-0.3, -0.25) is 4.98 Å². The zero-order chi connectivity index (χ0) is 30.6. The molecule has 8 aromatic rings. The van der Waals surface area contributed by atoms with Gasteiger partial charge in [-0.05, 0) is 82.4 Å². The minimum atomic E-state index is 0.143. The summed E-state index contributed by atoms with van der Waals surface area (Å²) in [6.45, 7) is 2.13. The summed E-state index contributed by atoms with van der Waals surface area (Å²) < 4.78 is 2.42. The van der Waals surface area contributed by atoms with Crippen LogP contribution >= 0.6 is 0 Å². The van der Waals surface area contributed by atoms with E-state index in [2.05, 4.69) is 162 Å². The Morgan fingerprint density at radius 2 is 1.43 bits per heavy atom. The van der Waals surface area contributed by atoms with Gasteiger partial charge in [-0.15, -0.1) is 0 Å². The molecule has 6 aromatic carbocycles. The highest BCUT2D eigenvalue weighted by molar-refractivity contribution is 6.19. The van der Waals surface area contributed by atoms with Gasteiger partial charge in [0.05, 0.1) is 22.8 Å². The maximum atomic E-state index is 4.92. The van der Waals surface area contributed by atoms with Crippen LogP contribution in [0.4, 0.5) is 0 Å². The number of dihydropyridines is 1. The number of hydrogen-bond acceptors (Lipinski definition) is 2. The normalized spacial score (nSPS) is 14.6. The Kier molecular flexibility index (Phi) is 6.10. The number of fused-ring (bicyclic) bond motifs is 6. The first kappa shape index (κ1) is 26.5. The first-order valence-corrected chi connectivity index (χ1v) is 15.8. The summed E-state index contributed by atoms with van der Waals surface area (Å²) in [6.07, 6.45) is 8.33. The van der Waals surface area contributed by atoms with Crippen LogP contribution in [0.3, 0.4) is 0 Å². The van der Waals surface area contributed by atoms with Gasteiger partial charge < -0.3 is 9.88 Å². The van der Waals surface area contributed by atoms with Crippen molar-refractivity contribution in [3.8, 4) is 28.1 Å². The fourth-order valence-electron chi connectivity index (χ4n) is 7.09. The van der Waals surface area contributed by atoms with E-state index in [9.17, 15) is 0 Å². The third-order valence-corrected chi connectivity index (χ3v) is 9.35. The van der Waals surface area contributed by atoms with E-state index in [0.717, 1.165) is 22.5 Å². The highest BCUT2D eigenvalue weighted by Crippen LogP contribution is 2.40. The van der Waals surface area contributed by atoms with Crippen LogP contribution in [0.25, 0.3) is 71.4 Å². The molecule has 9 rings (SSSR count). The molecule has 3 nitrogen and oxygen atoms in total. The van der Waals surface area contributed by atoms with Crippen molar-refractivity contribution in [2.24, 2.45) is 0 Å². The first-order chi connectivity index (χ1) is 22.7. The smallest absolute Gasteiger partial charge is 0.0713 e. The van der Waals surface area contributed by atoms with Crippen LogP contribution in [0.2, 0.25) is 0 Å². The number of para-hydroxylation sites is 1. The summed E-state index contributed by atoms with van der Waals surface area (Å²) in [5.41, 5.74) is 10.5. The third kappa shape index (κ3) is 4.32. The second kappa shape index (κ2) is 10.6. The van der Waals surface area contributed by atoms with E-state index in [-0.39, 0.29) is 6.04 Å². The Bertz CT molecular complexity index is 2490. The Morgan fingerprint density at radius 3 is 2.30 bits per heavy atom. The molecule has 46 heavy (non-hydrogen) atoms. The molecule has 0 fully saturated rings. The first-order valence-electron chi connectivity index (χ1n) is 15.8. The van der Waals surface area contributed by atoms with Gasteiger partial charge in [0.2, 0.25) is 0 Å². The highest BCUT2D eigenvalue weighted by Gasteiger charge is 2.17. The number of benzene rings is 6. The minimum Gasteiger partial charge on any atom is -0.381 e. The molecule has 0 saturated carbocycles. The Labute approximate surface area is 267 Å². The Balaban J connectivity index is 1.22. The van der Waals surface area contributed by atoms with Gasteiger partial charge in [0.25, 0.3) is 0 Å². The molecule has 2 aromatic heterocycles. The van der Waals surface area contributed by atoms with Crippen molar-refractivity contribution in [1.82, 2.24) is 14.9 Å². The van der Waals surface area contributed by atoms with Gasteiger partial charge in [0.1, 0.15) is 0 Å². The summed E-state index contributed by atoms with van der Waals surface area (Å²) in [5, 5.41) is 10.9. The molecule has 0 radical (unpaired) electrons. The number of hydrogen-bond donors (Lipinski definition) is 1. The van der Waals surface area contributed by atoms with E-state index >= 15 is 0 Å². The van der Waals surface area contributed by atoms with Crippen molar-refractivity contribution in [2.75, 3.05) is 0 Å². The number of pyridine rings is 1. The largest absolute Gasteiger partial charge is 0.381 e. The van der Waals surface area contributed by atoms with Gasteiger partial charge in [-0.25, -0.2) is 0 Å². The summed E-state index contributed by atoms with van der Waals surface area (Å²) >= 11 is 0. The number of allylic oxidation sites excluding steroid dienone is 2. The van der Waals surface area contributed by atoms with Crippen molar-refractivity contribution >= 4 is 43.4 Å². The maximum Gasteiger partial charge on any atom is 0.0713 e. The summed E-state index contributed by atoms with van der Waals surface area (Å²) in [7, 11) is 0. The maximum absolute atomic E-state index is 4.92. The number of nitrogens with zero attached hydrogens (tertiary/aromatic N) is 2.